The highest BCUT2D eigenvalue weighted by Gasteiger charge is 2.45. The van der Waals surface area contributed by atoms with Gasteiger partial charge in [-0.2, -0.15) is 13.2 Å². The van der Waals surface area contributed by atoms with Crippen LogP contribution in [0.2, 0.25) is 0 Å². The molecule has 1 aliphatic heterocycles. The van der Waals surface area contributed by atoms with Crippen molar-refractivity contribution in [2.24, 2.45) is 5.73 Å². The molecule has 3 N–H and O–H groups in total. The number of amides is 1. The van der Waals surface area contributed by atoms with Crippen LogP contribution in [-0.2, 0) is 11.0 Å². The van der Waals surface area contributed by atoms with E-state index in [2.05, 4.69) is 4.98 Å². The van der Waals surface area contributed by atoms with Crippen molar-refractivity contribution >= 4 is 17.7 Å². The van der Waals surface area contributed by atoms with Gasteiger partial charge < -0.3 is 15.7 Å². The zero-order chi connectivity index (χ0) is 21.4. The number of ketones is 1. The predicted octanol–water partition coefficient (Wildman–Crippen LogP) is 2.81. The molecule has 2 heterocycles. The zero-order valence-corrected chi connectivity index (χ0v) is 15.5. The van der Waals surface area contributed by atoms with Crippen molar-refractivity contribution in [1.29, 1.82) is 0 Å². The number of carbonyl (C=O) groups is 2. The zero-order valence-electron chi connectivity index (χ0n) is 15.5. The van der Waals surface area contributed by atoms with Gasteiger partial charge >= 0.3 is 12.3 Å². The second-order valence-corrected chi connectivity index (χ2v) is 6.82. The number of alkyl halides is 3. The minimum Gasteiger partial charge on any atom is -0.465 e. The van der Waals surface area contributed by atoms with Gasteiger partial charge in [-0.1, -0.05) is 12.1 Å². The van der Waals surface area contributed by atoms with Crippen molar-refractivity contribution in [2.75, 3.05) is 24.5 Å². The van der Waals surface area contributed by atoms with Gasteiger partial charge in [-0.3, -0.25) is 9.69 Å². The van der Waals surface area contributed by atoms with Crippen LogP contribution in [-0.4, -0.2) is 52.2 Å². The van der Waals surface area contributed by atoms with Crippen LogP contribution in [0.5, 0.6) is 0 Å². The number of hydrogen-bond acceptors (Lipinski definition) is 5. The summed E-state index contributed by atoms with van der Waals surface area (Å²) in [6.45, 7) is 1.44. The molecule has 154 valence electrons. The Morgan fingerprint density at radius 2 is 1.90 bits per heavy atom. The summed E-state index contributed by atoms with van der Waals surface area (Å²) >= 11 is 0. The molecule has 7 nitrogen and oxygen atoms in total. The molecule has 0 aliphatic carbocycles. The highest BCUT2D eigenvalue weighted by molar-refractivity contribution is 5.90. The van der Waals surface area contributed by atoms with Gasteiger partial charge in [-0.05, 0) is 36.8 Å². The number of benzene rings is 1. The van der Waals surface area contributed by atoms with E-state index in [4.69, 9.17) is 5.73 Å². The van der Waals surface area contributed by atoms with Gasteiger partial charge in [0.05, 0.1) is 12.1 Å². The summed E-state index contributed by atoms with van der Waals surface area (Å²) in [6, 6.07) is 8.14. The molecule has 1 aromatic carbocycles. The molecule has 1 amide bonds. The molecule has 0 saturated carbocycles. The number of halogens is 3. The lowest BCUT2D eigenvalue weighted by Crippen LogP contribution is -2.72. The van der Waals surface area contributed by atoms with Crippen LogP contribution in [0.15, 0.2) is 42.6 Å². The number of aromatic nitrogens is 1. The number of anilines is 1. The Hall–Kier alpha value is -3.14. The maximum atomic E-state index is 12.9. The monoisotopic (exact) mass is 408 g/mol. The summed E-state index contributed by atoms with van der Waals surface area (Å²) in [5.41, 5.74) is 4.48. The molecule has 1 saturated heterocycles. The van der Waals surface area contributed by atoms with Gasteiger partial charge in [0.2, 0.25) is 0 Å². The van der Waals surface area contributed by atoms with E-state index in [0.717, 1.165) is 17.0 Å². The lowest BCUT2D eigenvalue weighted by Gasteiger charge is -2.45. The first kappa shape index (κ1) is 20.6. The lowest BCUT2D eigenvalue weighted by molar-refractivity contribution is -0.137. The topological polar surface area (TPSA) is 99.8 Å². The molecule has 1 aliphatic rings. The predicted molar refractivity (Wildman–Crippen MR) is 99.2 cm³/mol. The molecule has 3 rings (SSSR count). The van der Waals surface area contributed by atoms with Crippen LogP contribution in [0.3, 0.4) is 0 Å². The third kappa shape index (κ3) is 4.02. The van der Waals surface area contributed by atoms with Gasteiger partial charge in [0.25, 0.3) is 0 Å². The van der Waals surface area contributed by atoms with Crippen molar-refractivity contribution in [1.82, 2.24) is 9.88 Å². The molecule has 0 spiro atoms. The number of hydrogen-bond donors (Lipinski definition) is 2. The van der Waals surface area contributed by atoms with Crippen molar-refractivity contribution < 1.29 is 27.9 Å². The highest BCUT2D eigenvalue weighted by atomic mass is 19.4. The molecule has 2 aromatic rings. The minimum atomic E-state index is -4.44. The first-order valence-electron chi connectivity index (χ1n) is 8.71. The number of rotatable bonds is 3. The van der Waals surface area contributed by atoms with Gasteiger partial charge in [-0.15, -0.1) is 0 Å². The summed E-state index contributed by atoms with van der Waals surface area (Å²) < 4.78 is 38.7. The fourth-order valence-electron chi connectivity index (χ4n) is 3.26. The maximum absolute atomic E-state index is 12.9. The van der Waals surface area contributed by atoms with Crippen molar-refractivity contribution in [3.8, 4) is 11.1 Å². The van der Waals surface area contributed by atoms with Crippen LogP contribution in [0, 0.1) is 0 Å². The van der Waals surface area contributed by atoms with Gasteiger partial charge in [0, 0.05) is 24.8 Å². The fourth-order valence-corrected chi connectivity index (χ4v) is 3.26. The Morgan fingerprint density at radius 1 is 1.17 bits per heavy atom. The molecule has 0 bridgehead atoms. The Morgan fingerprint density at radius 3 is 2.45 bits per heavy atom. The van der Waals surface area contributed by atoms with Crippen LogP contribution < -0.4 is 10.6 Å². The van der Waals surface area contributed by atoms with Crippen LogP contribution in [0.4, 0.5) is 23.8 Å². The Kier molecular flexibility index (Phi) is 5.22. The number of carboxylic acid groups (broad SMARTS) is 1. The molecule has 0 radical (unpaired) electrons. The lowest BCUT2D eigenvalue weighted by atomic mass is 10.0. The molecule has 10 heteroatoms. The first-order chi connectivity index (χ1) is 13.5. The molecule has 1 fully saturated rings. The Labute approximate surface area is 164 Å². The number of pyridine rings is 1. The molecule has 1 atom stereocenters. The van der Waals surface area contributed by atoms with E-state index in [0.29, 0.717) is 16.9 Å². The summed E-state index contributed by atoms with van der Waals surface area (Å²) in [6.07, 6.45) is -4.29. The van der Waals surface area contributed by atoms with E-state index in [-0.39, 0.29) is 19.6 Å². The van der Waals surface area contributed by atoms with Gasteiger partial charge in [0.15, 0.2) is 11.4 Å². The number of Topliss-reactive ketones (excluding diaryl/α,β-unsaturated/α-hetero) is 1. The molecular formula is C19H19F3N4O3. The third-order valence-electron chi connectivity index (χ3n) is 4.94. The van der Waals surface area contributed by atoms with Gasteiger partial charge in [0.1, 0.15) is 5.82 Å². The molecule has 29 heavy (non-hydrogen) atoms. The smallest absolute Gasteiger partial charge is 0.416 e. The summed E-state index contributed by atoms with van der Waals surface area (Å²) in [5.74, 6) is -0.0491. The summed E-state index contributed by atoms with van der Waals surface area (Å²) in [4.78, 5) is 30.3. The van der Waals surface area contributed by atoms with Crippen LogP contribution in [0.1, 0.15) is 12.5 Å². The standard InChI is InChI=1S/C19H19F3N4O3/c1-12(27)18(23)11-25(7-8-26(18)17(28)29)16-6-5-14(10-24-16)13-3-2-4-15(9-13)19(20,21)22/h2-6,9-10H,7-8,11,23H2,1H3,(H,28,29). The van der Waals surface area contributed by atoms with E-state index in [1.165, 1.54) is 19.2 Å². The van der Waals surface area contributed by atoms with Gasteiger partial charge in [-0.25, -0.2) is 9.78 Å². The van der Waals surface area contributed by atoms with Crippen molar-refractivity contribution in [3.05, 3.63) is 48.2 Å². The van der Waals surface area contributed by atoms with E-state index < -0.39 is 29.3 Å². The number of nitrogens with two attached hydrogens (primary N) is 1. The largest absolute Gasteiger partial charge is 0.465 e. The Bertz CT molecular complexity index is 933. The average molecular weight is 408 g/mol. The highest BCUT2D eigenvalue weighted by Crippen LogP contribution is 2.32. The molecule has 1 unspecified atom stereocenters. The maximum Gasteiger partial charge on any atom is 0.416 e. The summed E-state index contributed by atoms with van der Waals surface area (Å²) in [5, 5.41) is 9.30. The molecular weight excluding hydrogens is 389 g/mol. The van der Waals surface area contributed by atoms with Crippen molar-refractivity contribution in [2.45, 2.75) is 18.8 Å². The normalized spacial score (nSPS) is 19.9. The van der Waals surface area contributed by atoms with E-state index in [9.17, 15) is 27.9 Å². The number of nitrogens with zero attached hydrogens (tertiary/aromatic N) is 3. The Balaban J connectivity index is 1.84. The SMILES string of the molecule is CC(=O)C1(N)CN(c2ccc(-c3cccc(C(F)(F)F)c3)cn2)CCN1C(=O)O. The average Bonchev–Trinajstić information content (AvgIpc) is 2.67. The number of piperazine rings is 1. The van der Waals surface area contributed by atoms with Crippen LogP contribution in [0.25, 0.3) is 11.1 Å². The first-order valence-corrected chi connectivity index (χ1v) is 8.71. The van der Waals surface area contributed by atoms with Crippen molar-refractivity contribution in [3.63, 3.8) is 0 Å². The van der Waals surface area contributed by atoms with E-state index in [1.54, 1.807) is 23.1 Å². The second-order valence-electron chi connectivity index (χ2n) is 6.82. The second kappa shape index (κ2) is 7.36. The third-order valence-corrected chi connectivity index (χ3v) is 4.94. The quantitative estimate of drug-likeness (QED) is 0.810. The number of carbonyl (C=O) groups excluding carboxylic acids is 1. The summed E-state index contributed by atoms with van der Waals surface area (Å²) in [7, 11) is 0. The fraction of sp³-hybridized carbons (Fsp3) is 0.316. The van der Waals surface area contributed by atoms with E-state index in [1.807, 2.05) is 0 Å². The van der Waals surface area contributed by atoms with Crippen LogP contribution >= 0.6 is 0 Å². The minimum absolute atomic E-state index is 0.0163. The van der Waals surface area contributed by atoms with E-state index >= 15 is 0 Å². The molecule has 1 aromatic heterocycles.